The molecule has 1 unspecified atom stereocenters. The number of likely N-dealkylation sites (N-methyl/N-ethyl adjacent to an activating group) is 1. The Labute approximate surface area is 125 Å². The molecule has 0 heterocycles. The molecule has 0 spiro atoms. The normalized spacial score (nSPS) is 14.8. The predicted molar refractivity (Wildman–Crippen MR) is 86.2 cm³/mol. The van der Waals surface area contributed by atoms with Gasteiger partial charge in [0.2, 0.25) is 0 Å². The first kappa shape index (κ1) is 19.8. The molecular weight excluding hydrogens is 252 g/mol. The fourth-order valence-corrected chi connectivity index (χ4v) is 2.47. The Bertz CT molecular complexity index is 247. The van der Waals surface area contributed by atoms with Crippen LogP contribution in [-0.4, -0.2) is 62.0 Å². The lowest BCUT2D eigenvalue weighted by Crippen LogP contribution is -2.49. The molecule has 0 bridgehead atoms. The Morgan fingerprint density at radius 3 is 2.15 bits per heavy atom. The van der Waals surface area contributed by atoms with Crippen molar-refractivity contribution in [3.63, 3.8) is 0 Å². The number of aliphatic hydroxyl groups excluding tert-OH is 1. The van der Waals surface area contributed by atoms with Crippen molar-refractivity contribution in [1.29, 1.82) is 0 Å². The summed E-state index contributed by atoms with van der Waals surface area (Å²) in [7, 11) is 3.70. The minimum Gasteiger partial charge on any atom is -0.389 e. The van der Waals surface area contributed by atoms with Crippen molar-refractivity contribution in [3.05, 3.63) is 0 Å². The van der Waals surface area contributed by atoms with E-state index in [0.717, 1.165) is 25.9 Å². The lowest BCUT2D eigenvalue weighted by molar-refractivity contribution is 0.0312. The van der Waals surface area contributed by atoms with Gasteiger partial charge in [0.1, 0.15) is 0 Å². The number of methoxy groups -OCH3 is 1. The van der Waals surface area contributed by atoms with E-state index in [0.29, 0.717) is 13.2 Å². The lowest BCUT2D eigenvalue weighted by atomic mass is 9.81. The summed E-state index contributed by atoms with van der Waals surface area (Å²) in [5, 5.41) is 13.5. The van der Waals surface area contributed by atoms with Gasteiger partial charge in [-0.3, -0.25) is 0 Å². The third-order valence-electron chi connectivity index (χ3n) is 3.98. The molecule has 0 amide bonds. The molecule has 20 heavy (non-hydrogen) atoms. The summed E-state index contributed by atoms with van der Waals surface area (Å²) in [6.07, 6.45) is 1.86. The second kappa shape index (κ2) is 8.98. The van der Waals surface area contributed by atoms with Crippen molar-refractivity contribution in [3.8, 4) is 0 Å². The molecule has 0 saturated heterocycles. The molecule has 0 aliphatic heterocycles. The van der Waals surface area contributed by atoms with Gasteiger partial charge in [-0.15, -0.1) is 0 Å². The predicted octanol–water partition coefficient (Wildman–Crippen LogP) is 2.12. The highest BCUT2D eigenvalue weighted by Crippen LogP contribution is 2.27. The highest BCUT2D eigenvalue weighted by atomic mass is 16.5. The van der Waals surface area contributed by atoms with Crippen molar-refractivity contribution in [2.24, 2.45) is 5.41 Å². The van der Waals surface area contributed by atoms with Crippen molar-refractivity contribution in [2.75, 3.05) is 40.4 Å². The minimum absolute atomic E-state index is 0.143. The van der Waals surface area contributed by atoms with Crippen LogP contribution in [0.25, 0.3) is 0 Å². The molecule has 2 N–H and O–H groups in total. The van der Waals surface area contributed by atoms with Gasteiger partial charge in [-0.2, -0.15) is 0 Å². The quantitative estimate of drug-likeness (QED) is 0.646. The molecule has 0 aromatic rings. The summed E-state index contributed by atoms with van der Waals surface area (Å²) >= 11 is 0. The molecule has 4 nitrogen and oxygen atoms in total. The van der Waals surface area contributed by atoms with E-state index in [9.17, 15) is 5.11 Å². The Kier molecular flexibility index (Phi) is 8.91. The summed E-state index contributed by atoms with van der Waals surface area (Å²) in [5.74, 6) is 0. The average molecular weight is 288 g/mol. The van der Waals surface area contributed by atoms with E-state index < -0.39 is 6.10 Å². The van der Waals surface area contributed by atoms with Gasteiger partial charge >= 0.3 is 0 Å². The first-order valence-corrected chi connectivity index (χ1v) is 7.78. The topological polar surface area (TPSA) is 44.7 Å². The largest absolute Gasteiger partial charge is 0.389 e. The standard InChI is InChI=1S/C16H36N2O2/c1-8-16(9-2,12-17-15(3,4)5)13-18(6)10-14(19)11-20-7/h14,17,19H,8-13H2,1-7H3. The number of nitrogens with zero attached hydrogens (tertiary/aromatic N) is 1. The van der Waals surface area contributed by atoms with Crippen LogP contribution in [0, 0.1) is 5.41 Å². The maximum Gasteiger partial charge on any atom is 0.0899 e. The van der Waals surface area contributed by atoms with Crippen molar-refractivity contribution in [1.82, 2.24) is 10.2 Å². The maximum atomic E-state index is 9.84. The smallest absolute Gasteiger partial charge is 0.0899 e. The fourth-order valence-electron chi connectivity index (χ4n) is 2.47. The van der Waals surface area contributed by atoms with Crippen LogP contribution in [0.3, 0.4) is 0 Å². The maximum absolute atomic E-state index is 9.84. The second-order valence-electron chi connectivity index (χ2n) is 7.12. The summed E-state index contributed by atoms with van der Waals surface area (Å²) in [4.78, 5) is 2.22. The van der Waals surface area contributed by atoms with Crippen LogP contribution in [0.5, 0.6) is 0 Å². The van der Waals surface area contributed by atoms with Crippen molar-refractivity contribution in [2.45, 2.75) is 59.1 Å². The van der Waals surface area contributed by atoms with Crippen LogP contribution in [0.15, 0.2) is 0 Å². The molecule has 0 aliphatic carbocycles. The summed E-state index contributed by atoms with van der Waals surface area (Å²) in [6, 6.07) is 0. The molecule has 1 atom stereocenters. The lowest BCUT2D eigenvalue weighted by Gasteiger charge is -2.39. The molecular formula is C16H36N2O2. The van der Waals surface area contributed by atoms with Gasteiger partial charge in [-0.05, 0) is 46.1 Å². The van der Waals surface area contributed by atoms with Gasteiger partial charge in [0.25, 0.3) is 0 Å². The molecule has 122 valence electrons. The third-order valence-corrected chi connectivity index (χ3v) is 3.98. The second-order valence-corrected chi connectivity index (χ2v) is 7.12. The first-order chi connectivity index (χ1) is 9.18. The Balaban J connectivity index is 4.50. The molecule has 4 heteroatoms. The van der Waals surface area contributed by atoms with Crippen LogP contribution in [-0.2, 0) is 4.74 Å². The average Bonchev–Trinajstić information content (AvgIpc) is 2.33. The van der Waals surface area contributed by atoms with E-state index >= 15 is 0 Å². The van der Waals surface area contributed by atoms with E-state index in [2.05, 4.69) is 51.9 Å². The number of ether oxygens (including phenoxy) is 1. The molecule has 0 aromatic heterocycles. The van der Waals surface area contributed by atoms with Gasteiger partial charge in [0, 0.05) is 32.3 Å². The highest BCUT2D eigenvalue weighted by molar-refractivity contribution is 4.85. The van der Waals surface area contributed by atoms with E-state index in [4.69, 9.17) is 4.74 Å². The monoisotopic (exact) mass is 288 g/mol. The fraction of sp³-hybridized carbons (Fsp3) is 1.00. The number of hydrogen-bond donors (Lipinski definition) is 2. The number of hydrogen-bond acceptors (Lipinski definition) is 4. The van der Waals surface area contributed by atoms with Gasteiger partial charge in [0.15, 0.2) is 0 Å². The van der Waals surface area contributed by atoms with Crippen LogP contribution < -0.4 is 5.32 Å². The SMILES string of the molecule is CCC(CC)(CNC(C)(C)C)CN(C)CC(O)COC. The van der Waals surface area contributed by atoms with E-state index in [1.165, 1.54) is 0 Å². The van der Waals surface area contributed by atoms with Gasteiger partial charge in [-0.25, -0.2) is 0 Å². The Hall–Kier alpha value is -0.160. The molecule has 0 rings (SSSR count). The molecule has 0 aliphatic rings. The van der Waals surface area contributed by atoms with Crippen LogP contribution in [0.4, 0.5) is 0 Å². The van der Waals surface area contributed by atoms with Gasteiger partial charge < -0.3 is 20.1 Å². The zero-order valence-electron chi connectivity index (χ0n) is 14.6. The van der Waals surface area contributed by atoms with Crippen LogP contribution in [0.2, 0.25) is 0 Å². The molecule has 0 radical (unpaired) electrons. The zero-order valence-corrected chi connectivity index (χ0v) is 14.6. The Morgan fingerprint density at radius 2 is 1.75 bits per heavy atom. The third kappa shape index (κ3) is 8.20. The molecule has 0 aromatic carbocycles. The van der Waals surface area contributed by atoms with Crippen molar-refractivity contribution < 1.29 is 9.84 Å². The summed E-state index contributed by atoms with van der Waals surface area (Å²) < 4.78 is 4.99. The number of rotatable bonds is 10. The Morgan fingerprint density at radius 1 is 1.20 bits per heavy atom. The molecule has 0 fully saturated rings. The van der Waals surface area contributed by atoms with E-state index in [-0.39, 0.29) is 11.0 Å². The minimum atomic E-state index is -0.410. The van der Waals surface area contributed by atoms with E-state index in [1.807, 2.05) is 0 Å². The molecule has 0 saturated carbocycles. The van der Waals surface area contributed by atoms with Crippen LogP contribution >= 0.6 is 0 Å². The van der Waals surface area contributed by atoms with E-state index in [1.54, 1.807) is 7.11 Å². The van der Waals surface area contributed by atoms with Gasteiger partial charge in [-0.1, -0.05) is 13.8 Å². The number of aliphatic hydroxyl groups is 1. The first-order valence-electron chi connectivity index (χ1n) is 7.78. The highest BCUT2D eigenvalue weighted by Gasteiger charge is 2.29. The van der Waals surface area contributed by atoms with Crippen molar-refractivity contribution >= 4 is 0 Å². The number of nitrogens with one attached hydrogen (secondary N) is 1. The zero-order chi connectivity index (χ0) is 15.8. The summed E-state index contributed by atoms with van der Waals surface area (Å²) in [5.41, 5.74) is 0.401. The summed E-state index contributed by atoms with van der Waals surface area (Å²) in [6.45, 7) is 14.2. The van der Waals surface area contributed by atoms with Crippen LogP contribution in [0.1, 0.15) is 47.5 Å². The van der Waals surface area contributed by atoms with Gasteiger partial charge in [0.05, 0.1) is 12.7 Å².